The predicted molar refractivity (Wildman–Crippen MR) is 60.0 cm³/mol. The molecule has 0 aliphatic rings. The van der Waals surface area contributed by atoms with Gasteiger partial charge in [-0.1, -0.05) is 6.08 Å². The maximum absolute atomic E-state index is 3.67. The second kappa shape index (κ2) is 6.80. The van der Waals surface area contributed by atoms with Crippen molar-refractivity contribution < 1.29 is 0 Å². The summed E-state index contributed by atoms with van der Waals surface area (Å²) in [7, 11) is 0. The second-order valence-electron chi connectivity index (χ2n) is 2.74. The molecule has 2 N–H and O–H groups in total. The van der Waals surface area contributed by atoms with Crippen molar-refractivity contribution in [2.45, 2.75) is 6.54 Å². The van der Waals surface area contributed by atoms with Gasteiger partial charge in [0.1, 0.15) is 0 Å². The minimum absolute atomic E-state index is 0.932. The topological polar surface area (TPSA) is 27.8 Å². The molecule has 0 radical (unpaired) electrons. The third kappa shape index (κ3) is 4.80. The summed E-state index contributed by atoms with van der Waals surface area (Å²) in [6.07, 6.45) is 3.89. The minimum Gasteiger partial charge on any atom is -0.364 e. The molecule has 0 saturated heterocycles. The maximum Gasteiger partial charge on any atom is 0.0357 e. The zero-order chi connectivity index (χ0) is 9.36. The van der Waals surface area contributed by atoms with Crippen LogP contribution in [0.2, 0.25) is 0 Å². The molecule has 0 unspecified atom stereocenters. The lowest BCUT2D eigenvalue weighted by molar-refractivity contribution is 0.719. The SMILES string of the molecule is C=CCSCCNCc1ccc[nH]1. The molecule has 0 bridgehead atoms. The Labute approximate surface area is 83.8 Å². The van der Waals surface area contributed by atoms with Gasteiger partial charge in [-0.05, 0) is 12.1 Å². The zero-order valence-corrected chi connectivity index (χ0v) is 8.57. The molecule has 0 aliphatic heterocycles. The van der Waals surface area contributed by atoms with Gasteiger partial charge in [0, 0.05) is 36.5 Å². The number of thioether (sulfide) groups is 1. The first-order valence-electron chi connectivity index (χ1n) is 4.45. The fraction of sp³-hybridized carbons (Fsp3) is 0.400. The van der Waals surface area contributed by atoms with E-state index in [4.69, 9.17) is 0 Å². The van der Waals surface area contributed by atoms with Crippen LogP contribution in [0.5, 0.6) is 0 Å². The van der Waals surface area contributed by atoms with Crippen LogP contribution in [0.25, 0.3) is 0 Å². The number of aromatic amines is 1. The number of H-pyrrole nitrogens is 1. The number of rotatable bonds is 7. The van der Waals surface area contributed by atoms with Crippen molar-refractivity contribution in [3.63, 3.8) is 0 Å². The predicted octanol–water partition coefficient (Wildman–Crippen LogP) is 2.02. The van der Waals surface area contributed by atoms with Gasteiger partial charge in [0.25, 0.3) is 0 Å². The van der Waals surface area contributed by atoms with Crippen LogP contribution in [0.1, 0.15) is 5.69 Å². The summed E-state index contributed by atoms with van der Waals surface area (Å²) in [6, 6.07) is 4.10. The van der Waals surface area contributed by atoms with Crippen LogP contribution >= 0.6 is 11.8 Å². The lowest BCUT2D eigenvalue weighted by Crippen LogP contribution is -2.16. The smallest absolute Gasteiger partial charge is 0.0357 e. The molecule has 1 aromatic rings. The highest BCUT2D eigenvalue weighted by Crippen LogP contribution is 1.98. The standard InChI is InChI=1S/C10H16N2S/c1-2-7-13-8-6-11-9-10-4-3-5-12-10/h2-5,11-12H,1,6-9H2. The Morgan fingerprint density at radius 3 is 3.23 bits per heavy atom. The summed E-state index contributed by atoms with van der Waals surface area (Å²) in [6.45, 7) is 5.66. The average molecular weight is 196 g/mol. The van der Waals surface area contributed by atoms with Crippen molar-refractivity contribution in [1.82, 2.24) is 10.3 Å². The van der Waals surface area contributed by atoms with Crippen molar-refractivity contribution in [2.75, 3.05) is 18.1 Å². The molecule has 72 valence electrons. The van der Waals surface area contributed by atoms with Crippen molar-refractivity contribution in [3.8, 4) is 0 Å². The van der Waals surface area contributed by atoms with E-state index >= 15 is 0 Å². The molecule has 0 atom stereocenters. The van der Waals surface area contributed by atoms with E-state index in [0.717, 1.165) is 24.6 Å². The molecule has 1 aromatic heterocycles. The van der Waals surface area contributed by atoms with E-state index in [1.807, 2.05) is 30.1 Å². The summed E-state index contributed by atoms with van der Waals surface area (Å²) in [5, 5.41) is 3.36. The van der Waals surface area contributed by atoms with E-state index in [0.29, 0.717) is 0 Å². The van der Waals surface area contributed by atoms with Crippen molar-refractivity contribution in [1.29, 1.82) is 0 Å². The fourth-order valence-corrected chi connectivity index (χ4v) is 1.63. The molecule has 1 rings (SSSR count). The first-order chi connectivity index (χ1) is 6.43. The highest BCUT2D eigenvalue weighted by atomic mass is 32.2. The highest BCUT2D eigenvalue weighted by molar-refractivity contribution is 7.99. The normalized spacial score (nSPS) is 10.2. The average Bonchev–Trinajstić information content (AvgIpc) is 2.63. The Morgan fingerprint density at radius 1 is 1.62 bits per heavy atom. The molecule has 2 nitrogen and oxygen atoms in total. The van der Waals surface area contributed by atoms with Gasteiger partial charge in [0.15, 0.2) is 0 Å². The van der Waals surface area contributed by atoms with E-state index in [9.17, 15) is 0 Å². The van der Waals surface area contributed by atoms with Gasteiger partial charge in [0.05, 0.1) is 0 Å². The van der Waals surface area contributed by atoms with E-state index < -0.39 is 0 Å². The van der Waals surface area contributed by atoms with Gasteiger partial charge in [-0.15, -0.1) is 6.58 Å². The molecular formula is C10H16N2S. The monoisotopic (exact) mass is 196 g/mol. The Kier molecular flexibility index (Phi) is 5.45. The summed E-state index contributed by atoms with van der Waals surface area (Å²) >= 11 is 1.90. The molecule has 0 fully saturated rings. The van der Waals surface area contributed by atoms with Crippen LogP contribution in [0.4, 0.5) is 0 Å². The second-order valence-corrected chi connectivity index (χ2v) is 3.89. The fourth-order valence-electron chi connectivity index (χ4n) is 1.01. The summed E-state index contributed by atoms with van der Waals surface area (Å²) in [5.74, 6) is 2.19. The lowest BCUT2D eigenvalue weighted by Gasteiger charge is -2.01. The van der Waals surface area contributed by atoms with Gasteiger partial charge in [-0.2, -0.15) is 11.8 Å². The zero-order valence-electron chi connectivity index (χ0n) is 7.75. The molecule has 0 aromatic carbocycles. The third-order valence-corrected chi connectivity index (χ3v) is 2.60. The van der Waals surface area contributed by atoms with Gasteiger partial charge in [-0.25, -0.2) is 0 Å². The van der Waals surface area contributed by atoms with E-state index in [1.54, 1.807) is 0 Å². The maximum atomic E-state index is 3.67. The molecule has 13 heavy (non-hydrogen) atoms. The first-order valence-corrected chi connectivity index (χ1v) is 5.60. The molecular weight excluding hydrogens is 180 g/mol. The van der Waals surface area contributed by atoms with E-state index in [2.05, 4.69) is 22.9 Å². The molecule has 1 heterocycles. The lowest BCUT2D eigenvalue weighted by atomic mass is 10.4. The Bertz CT molecular complexity index is 219. The van der Waals surface area contributed by atoms with Gasteiger partial charge in [-0.3, -0.25) is 0 Å². The summed E-state index contributed by atoms with van der Waals surface area (Å²) < 4.78 is 0. The molecule has 0 spiro atoms. The van der Waals surface area contributed by atoms with Crippen molar-refractivity contribution in [3.05, 3.63) is 36.7 Å². The minimum atomic E-state index is 0.932. The molecule has 0 amide bonds. The van der Waals surface area contributed by atoms with Crippen LogP contribution in [0, 0.1) is 0 Å². The quantitative estimate of drug-likeness (QED) is 0.516. The highest BCUT2D eigenvalue weighted by Gasteiger charge is 1.91. The van der Waals surface area contributed by atoms with Gasteiger partial charge in [0.2, 0.25) is 0 Å². The van der Waals surface area contributed by atoms with Crippen LogP contribution in [0.15, 0.2) is 31.0 Å². The van der Waals surface area contributed by atoms with Crippen LogP contribution in [0.3, 0.4) is 0 Å². The van der Waals surface area contributed by atoms with Crippen LogP contribution in [-0.2, 0) is 6.54 Å². The van der Waals surface area contributed by atoms with E-state index in [1.165, 1.54) is 5.69 Å². The number of hydrogen-bond acceptors (Lipinski definition) is 2. The third-order valence-electron chi connectivity index (χ3n) is 1.64. The molecule has 0 saturated carbocycles. The van der Waals surface area contributed by atoms with Crippen LogP contribution < -0.4 is 5.32 Å². The molecule has 3 heteroatoms. The van der Waals surface area contributed by atoms with Crippen molar-refractivity contribution >= 4 is 11.8 Å². The van der Waals surface area contributed by atoms with Gasteiger partial charge < -0.3 is 10.3 Å². The molecule has 0 aliphatic carbocycles. The summed E-state index contributed by atoms with van der Waals surface area (Å²) in [5.41, 5.74) is 1.24. The first kappa shape index (κ1) is 10.4. The Balaban J connectivity index is 1.93. The van der Waals surface area contributed by atoms with Crippen molar-refractivity contribution in [2.24, 2.45) is 0 Å². The Hall–Kier alpha value is -0.670. The number of hydrogen-bond donors (Lipinski definition) is 2. The van der Waals surface area contributed by atoms with E-state index in [-0.39, 0.29) is 0 Å². The van der Waals surface area contributed by atoms with Crippen LogP contribution in [-0.4, -0.2) is 23.0 Å². The largest absolute Gasteiger partial charge is 0.364 e. The number of aromatic nitrogens is 1. The Morgan fingerprint density at radius 2 is 2.54 bits per heavy atom. The summed E-state index contributed by atoms with van der Waals surface area (Å²) in [4.78, 5) is 3.15. The number of nitrogens with one attached hydrogen (secondary N) is 2. The van der Waals surface area contributed by atoms with Gasteiger partial charge >= 0.3 is 0 Å².